The summed E-state index contributed by atoms with van der Waals surface area (Å²) in [4.78, 5) is 12.0. The van der Waals surface area contributed by atoms with E-state index in [1.165, 1.54) is 11.1 Å². The molecule has 0 radical (unpaired) electrons. The number of hydrogen-bond acceptors (Lipinski definition) is 3. The normalized spacial score (nSPS) is 18.6. The van der Waals surface area contributed by atoms with Gasteiger partial charge in [-0.05, 0) is 61.8 Å². The highest BCUT2D eigenvalue weighted by Gasteiger charge is 2.45. The number of rotatable bonds is 8. The highest BCUT2D eigenvalue weighted by Crippen LogP contribution is 2.50. The lowest BCUT2D eigenvalue weighted by Crippen LogP contribution is -2.07. The molecular formula is C24H26O3. The second kappa shape index (κ2) is 7.99. The van der Waals surface area contributed by atoms with Crippen molar-refractivity contribution in [2.24, 2.45) is 5.92 Å². The lowest BCUT2D eigenvalue weighted by molar-refractivity contribution is -0.144. The van der Waals surface area contributed by atoms with Crippen molar-refractivity contribution in [3.8, 4) is 0 Å². The van der Waals surface area contributed by atoms with Crippen LogP contribution in [0.5, 0.6) is 0 Å². The molecule has 0 aliphatic heterocycles. The van der Waals surface area contributed by atoms with Crippen molar-refractivity contribution in [3.05, 3.63) is 71.5 Å². The highest BCUT2D eigenvalue weighted by molar-refractivity contribution is 5.85. The highest BCUT2D eigenvalue weighted by atomic mass is 16.5. The second-order valence-electron chi connectivity index (χ2n) is 7.37. The van der Waals surface area contributed by atoms with E-state index in [1.807, 2.05) is 19.1 Å². The Bertz CT molecular complexity index is 910. The summed E-state index contributed by atoms with van der Waals surface area (Å²) < 4.78 is 11.2. The van der Waals surface area contributed by atoms with E-state index in [2.05, 4.69) is 42.5 Å². The average Bonchev–Trinajstić information content (AvgIpc) is 3.38. The number of hydrogen-bond donors (Lipinski definition) is 0. The van der Waals surface area contributed by atoms with E-state index in [-0.39, 0.29) is 17.8 Å². The molecule has 2 aromatic carbocycles. The Balaban J connectivity index is 1.39. The number of carbonyl (C=O) groups is 1. The maximum absolute atomic E-state index is 12.0. The van der Waals surface area contributed by atoms with Crippen molar-refractivity contribution < 1.29 is 13.9 Å². The Labute approximate surface area is 160 Å². The largest absolute Gasteiger partial charge is 0.466 e. The predicted molar refractivity (Wildman–Crippen MR) is 107 cm³/mol. The Morgan fingerprint density at radius 2 is 1.89 bits per heavy atom. The lowest BCUT2D eigenvalue weighted by atomic mass is 10.0. The number of fused-ring (bicyclic) bond motifs is 1. The second-order valence-corrected chi connectivity index (χ2v) is 7.37. The molecule has 2 atom stereocenters. The van der Waals surface area contributed by atoms with Gasteiger partial charge in [0.1, 0.15) is 11.3 Å². The van der Waals surface area contributed by atoms with Crippen molar-refractivity contribution in [2.75, 3.05) is 6.61 Å². The molecule has 1 aliphatic rings. The monoisotopic (exact) mass is 362 g/mol. The minimum atomic E-state index is -0.0656. The van der Waals surface area contributed by atoms with Crippen LogP contribution in [0.25, 0.3) is 11.0 Å². The number of carbonyl (C=O) groups excluding carboxylic acids is 1. The SMILES string of the molecule is CCOC(=O)[C@@H]1C[C@H]1c1cccc2oc(CCCCc3ccccc3)cc12. The van der Waals surface area contributed by atoms with Crippen LogP contribution in [0, 0.1) is 5.92 Å². The van der Waals surface area contributed by atoms with Crippen LogP contribution in [-0.2, 0) is 22.4 Å². The van der Waals surface area contributed by atoms with Crippen LogP contribution in [0.2, 0.25) is 0 Å². The fourth-order valence-corrected chi connectivity index (χ4v) is 3.90. The first-order valence-corrected chi connectivity index (χ1v) is 9.98. The zero-order valence-electron chi connectivity index (χ0n) is 15.8. The van der Waals surface area contributed by atoms with Crippen molar-refractivity contribution >= 4 is 16.9 Å². The summed E-state index contributed by atoms with van der Waals surface area (Å²) in [5.41, 5.74) is 3.55. The van der Waals surface area contributed by atoms with Crippen LogP contribution < -0.4 is 0 Å². The van der Waals surface area contributed by atoms with Gasteiger partial charge in [-0.25, -0.2) is 0 Å². The Morgan fingerprint density at radius 1 is 1.07 bits per heavy atom. The maximum atomic E-state index is 12.0. The van der Waals surface area contributed by atoms with Crippen molar-refractivity contribution in [3.63, 3.8) is 0 Å². The smallest absolute Gasteiger partial charge is 0.309 e. The predicted octanol–water partition coefficient (Wildman–Crippen LogP) is 5.66. The van der Waals surface area contributed by atoms with Crippen LogP contribution in [0.3, 0.4) is 0 Å². The van der Waals surface area contributed by atoms with Gasteiger partial charge >= 0.3 is 5.97 Å². The molecule has 140 valence electrons. The van der Waals surface area contributed by atoms with Gasteiger partial charge < -0.3 is 9.15 Å². The van der Waals surface area contributed by atoms with Gasteiger partial charge in [-0.15, -0.1) is 0 Å². The van der Waals surface area contributed by atoms with Crippen molar-refractivity contribution in [1.29, 1.82) is 0 Å². The topological polar surface area (TPSA) is 39.4 Å². The van der Waals surface area contributed by atoms with E-state index in [1.54, 1.807) is 0 Å². The molecule has 0 spiro atoms. The molecule has 0 N–H and O–H groups in total. The van der Waals surface area contributed by atoms with Crippen LogP contribution in [0.4, 0.5) is 0 Å². The molecular weight excluding hydrogens is 336 g/mol. The molecule has 1 saturated carbocycles. The molecule has 1 aromatic heterocycles. The van der Waals surface area contributed by atoms with Crippen LogP contribution in [-0.4, -0.2) is 12.6 Å². The summed E-state index contributed by atoms with van der Waals surface area (Å²) >= 11 is 0. The summed E-state index contributed by atoms with van der Waals surface area (Å²) in [5, 5.41) is 1.16. The van der Waals surface area contributed by atoms with Crippen molar-refractivity contribution in [1.82, 2.24) is 0 Å². The third-order valence-corrected chi connectivity index (χ3v) is 5.41. The fourth-order valence-electron chi connectivity index (χ4n) is 3.90. The molecule has 1 heterocycles. The van der Waals surface area contributed by atoms with Crippen LogP contribution >= 0.6 is 0 Å². The zero-order chi connectivity index (χ0) is 18.6. The van der Waals surface area contributed by atoms with E-state index >= 15 is 0 Å². The zero-order valence-corrected chi connectivity index (χ0v) is 15.8. The summed E-state index contributed by atoms with van der Waals surface area (Å²) in [6.45, 7) is 2.31. The van der Waals surface area contributed by atoms with E-state index in [0.29, 0.717) is 6.61 Å². The van der Waals surface area contributed by atoms with Gasteiger partial charge in [0.05, 0.1) is 12.5 Å². The number of benzene rings is 2. The Kier molecular flexibility index (Phi) is 5.28. The Hall–Kier alpha value is -2.55. The van der Waals surface area contributed by atoms with Gasteiger partial charge in [0.15, 0.2) is 0 Å². The number of ether oxygens (including phenoxy) is 1. The van der Waals surface area contributed by atoms with Gasteiger partial charge in [0, 0.05) is 11.8 Å². The molecule has 0 saturated heterocycles. The van der Waals surface area contributed by atoms with Crippen LogP contribution in [0.15, 0.2) is 59.0 Å². The minimum Gasteiger partial charge on any atom is -0.466 e. The number of unbranched alkanes of at least 4 members (excludes halogenated alkanes) is 1. The van der Waals surface area contributed by atoms with Gasteiger partial charge in [-0.1, -0.05) is 42.5 Å². The van der Waals surface area contributed by atoms with Crippen LogP contribution in [0.1, 0.15) is 49.0 Å². The molecule has 4 rings (SSSR count). The lowest BCUT2D eigenvalue weighted by Gasteiger charge is -2.02. The average molecular weight is 362 g/mol. The van der Waals surface area contributed by atoms with Gasteiger partial charge in [0.2, 0.25) is 0 Å². The van der Waals surface area contributed by atoms with Gasteiger partial charge in [-0.3, -0.25) is 4.79 Å². The molecule has 27 heavy (non-hydrogen) atoms. The first kappa shape index (κ1) is 17.8. The maximum Gasteiger partial charge on any atom is 0.309 e. The molecule has 0 unspecified atom stereocenters. The van der Waals surface area contributed by atoms with Crippen molar-refractivity contribution in [2.45, 2.75) is 44.9 Å². The summed E-state index contributed by atoms with van der Waals surface area (Å²) in [7, 11) is 0. The molecule has 0 amide bonds. The third-order valence-electron chi connectivity index (χ3n) is 5.41. The first-order valence-electron chi connectivity index (χ1n) is 9.98. The molecule has 1 fully saturated rings. The molecule has 3 nitrogen and oxygen atoms in total. The first-order chi connectivity index (χ1) is 13.3. The standard InChI is InChI=1S/C24H26O3/c1-2-26-24(25)22-16-20(22)19-13-8-14-23-21(19)15-18(27-23)12-7-6-11-17-9-4-3-5-10-17/h3-5,8-10,13-15,20,22H,2,6-7,11-12,16H2,1H3/t20-,22+/m0/s1. The van der Waals surface area contributed by atoms with E-state index in [4.69, 9.17) is 9.15 Å². The quantitative estimate of drug-likeness (QED) is 0.383. The van der Waals surface area contributed by atoms with E-state index < -0.39 is 0 Å². The van der Waals surface area contributed by atoms with Gasteiger partial charge in [0.25, 0.3) is 0 Å². The molecule has 1 aliphatic carbocycles. The third kappa shape index (κ3) is 4.08. The Morgan fingerprint density at radius 3 is 2.70 bits per heavy atom. The molecule has 0 bridgehead atoms. The fraction of sp³-hybridized carbons (Fsp3) is 0.375. The molecule has 3 aromatic rings. The number of aryl methyl sites for hydroxylation is 2. The van der Waals surface area contributed by atoms with Gasteiger partial charge in [-0.2, -0.15) is 0 Å². The molecule has 3 heteroatoms. The summed E-state index contributed by atoms with van der Waals surface area (Å²) in [6, 6.07) is 19.0. The summed E-state index contributed by atoms with van der Waals surface area (Å²) in [6.07, 6.45) is 5.21. The van der Waals surface area contributed by atoms with E-state index in [9.17, 15) is 4.79 Å². The number of esters is 1. The number of furan rings is 1. The summed E-state index contributed by atoms with van der Waals surface area (Å²) in [5.74, 6) is 1.26. The van der Waals surface area contributed by atoms with E-state index in [0.717, 1.165) is 48.8 Å². The minimum absolute atomic E-state index is 0.0137.